The van der Waals surface area contributed by atoms with Gasteiger partial charge in [-0.25, -0.2) is 4.79 Å². The second-order valence-electron chi connectivity index (χ2n) is 5.50. The second kappa shape index (κ2) is 8.29. The zero-order valence-electron chi connectivity index (χ0n) is 14.4. The number of hydrogen-bond donors (Lipinski definition) is 2. The molecule has 1 aromatic heterocycles. The average Bonchev–Trinajstić information content (AvgIpc) is 3.23. The van der Waals surface area contributed by atoms with Crippen LogP contribution in [0.25, 0.3) is 0 Å². The number of rotatable bonds is 5. The molecule has 0 bridgehead atoms. The quantitative estimate of drug-likeness (QED) is 0.654. The van der Waals surface area contributed by atoms with Crippen LogP contribution in [0.1, 0.15) is 30.4 Å². The maximum Gasteiger partial charge on any atom is 0.337 e. The van der Waals surface area contributed by atoms with Crippen LogP contribution in [0.4, 0.5) is 11.4 Å². The van der Waals surface area contributed by atoms with Crippen LogP contribution in [0.15, 0.2) is 66.0 Å². The Hall–Kier alpha value is -3.45. The van der Waals surface area contributed by atoms with Crippen molar-refractivity contribution in [2.24, 2.45) is 0 Å². The lowest BCUT2D eigenvalue weighted by Gasteiger charge is -2.11. The van der Waals surface area contributed by atoms with Crippen molar-refractivity contribution in [2.75, 3.05) is 17.7 Å². The van der Waals surface area contributed by atoms with E-state index in [1.807, 2.05) is 5.38 Å². The average molecular weight is 380 g/mol. The molecule has 6 nitrogen and oxygen atoms in total. The topological polar surface area (TPSA) is 84.5 Å². The standard InChI is InChI=1S/C20H16N2O4S/c1-26-20(25)13-6-4-7-14(12-13)21-18(23)15-8-2-3-9-16(15)22-19(24)17-10-5-11-27-17/h2-12H,1H3,(H,21,23)(H,22,24). The Morgan fingerprint density at radius 3 is 2.44 bits per heavy atom. The van der Waals surface area contributed by atoms with E-state index in [1.165, 1.54) is 24.5 Å². The molecule has 0 aliphatic carbocycles. The van der Waals surface area contributed by atoms with Crippen molar-refractivity contribution in [1.29, 1.82) is 0 Å². The van der Waals surface area contributed by atoms with E-state index in [0.29, 0.717) is 27.4 Å². The third-order valence-corrected chi connectivity index (χ3v) is 4.58. The van der Waals surface area contributed by atoms with Crippen LogP contribution < -0.4 is 10.6 Å². The smallest absolute Gasteiger partial charge is 0.337 e. The zero-order valence-corrected chi connectivity index (χ0v) is 15.2. The van der Waals surface area contributed by atoms with Gasteiger partial charge >= 0.3 is 5.97 Å². The van der Waals surface area contributed by atoms with Crippen molar-refractivity contribution < 1.29 is 19.1 Å². The number of thiophene rings is 1. The number of anilines is 2. The number of methoxy groups -OCH3 is 1. The molecule has 2 amide bonds. The predicted octanol–water partition coefficient (Wildman–Crippen LogP) is 4.04. The highest BCUT2D eigenvalue weighted by Gasteiger charge is 2.15. The molecule has 0 atom stereocenters. The van der Waals surface area contributed by atoms with E-state index in [0.717, 1.165) is 0 Å². The van der Waals surface area contributed by atoms with Gasteiger partial charge in [-0.05, 0) is 41.8 Å². The summed E-state index contributed by atoms with van der Waals surface area (Å²) in [5.74, 6) is -1.17. The molecule has 1 heterocycles. The van der Waals surface area contributed by atoms with E-state index >= 15 is 0 Å². The number of nitrogens with one attached hydrogen (secondary N) is 2. The van der Waals surface area contributed by atoms with E-state index in [4.69, 9.17) is 0 Å². The Morgan fingerprint density at radius 1 is 0.889 bits per heavy atom. The Kier molecular flexibility index (Phi) is 5.63. The largest absolute Gasteiger partial charge is 0.465 e. The van der Waals surface area contributed by atoms with Crippen molar-refractivity contribution in [1.82, 2.24) is 0 Å². The Morgan fingerprint density at radius 2 is 1.70 bits per heavy atom. The van der Waals surface area contributed by atoms with Gasteiger partial charge in [-0.3, -0.25) is 9.59 Å². The summed E-state index contributed by atoms with van der Waals surface area (Å²) in [7, 11) is 1.29. The van der Waals surface area contributed by atoms with Crippen LogP contribution in [0.5, 0.6) is 0 Å². The number of benzene rings is 2. The van der Waals surface area contributed by atoms with Gasteiger partial charge in [0.25, 0.3) is 11.8 Å². The van der Waals surface area contributed by atoms with Gasteiger partial charge in [-0.1, -0.05) is 24.3 Å². The number of amides is 2. The molecule has 0 aliphatic rings. The Balaban J connectivity index is 1.79. The molecule has 2 aromatic carbocycles. The molecule has 3 aromatic rings. The molecule has 7 heteroatoms. The van der Waals surface area contributed by atoms with Crippen LogP contribution >= 0.6 is 11.3 Å². The summed E-state index contributed by atoms with van der Waals surface area (Å²) in [5.41, 5.74) is 1.49. The molecule has 2 N–H and O–H groups in total. The lowest BCUT2D eigenvalue weighted by atomic mass is 10.1. The minimum absolute atomic E-state index is 0.280. The highest BCUT2D eigenvalue weighted by atomic mass is 32.1. The minimum Gasteiger partial charge on any atom is -0.465 e. The van der Waals surface area contributed by atoms with Gasteiger partial charge in [-0.15, -0.1) is 11.3 Å². The molecule has 3 rings (SSSR count). The SMILES string of the molecule is COC(=O)c1cccc(NC(=O)c2ccccc2NC(=O)c2cccs2)c1. The van der Waals surface area contributed by atoms with Crippen LogP contribution in [-0.4, -0.2) is 24.9 Å². The fourth-order valence-electron chi connectivity index (χ4n) is 2.42. The number of para-hydroxylation sites is 1. The lowest BCUT2D eigenvalue weighted by Crippen LogP contribution is -2.18. The van der Waals surface area contributed by atoms with E-state index in [-0.39, 0.29) is 5.91 Å². The van der Waals surface area contributed by atoms with E-state index in [9.17, 15) is 14.4 Å². The monoisotopic (exact) mass is 380 g/mol. The van der Waals surface area contributed by atoms with Gasteiger partial charge in [0.05, 0.1) is 28.8 Å². The first kappa shape index (κ1) is 18.3. The number of hydrogen-bond acceptors (Lipinski definition) is 5. The molecule has 0 saturated carbocycles. The van der Waals surface area contributed by atoms with Crippen LogP contribution in [0.2, 0.25) is 0 Å². The minimum atomic E-state index is -0.491. The zero-order chi connectivity index (χ0) is 19.2. The predicted molar refractivity (Wildman–Crippen MR) is 104 cm³/mol. The number of esters is 1. The van der Waals surface area contributed by atoms with E-state index in [1.54, 1.807) is 54.6 Å². The molecule has 136 valence electrons. The van der Waals surface area contributed by atoms with Crippen LogP contribution in [0, 0.1) is 0 Å². The van der Waals surface area contributed by atoms with Crippen molar-refractivity contribution >= 4 is 40.5 Å². The first-order valence-corrected chi connectivity index (χ1v) is 8.90. The third-order valence-electron chi connectivity index (χ3n) is 3.71. The summed E-state index contributed by atoms with van der Waals surface area (Å²) < 4.78 is 4.68. The van der Waals surface area contributed by atoms with Gasteiger partial charge in [-0.2, -0.15) is 0 Å². The molecule has 27 heavy (non-hydrogen) atoms. The summed E-state index contributed by atoms with van der Waals surface area (Å²) in [5, 5.41) is 7.29. The summed E-state index contributed by atoms with van der Waals surface area (Å²) in [6.45, 7) is 0. The number of carbonyl (C=O) groups is 3. The molecular weight excluding hydrogens is 364 g/mol. The van der Waals surface area contributed by atoms with E-state index < -0.39 is 11.9 Å². The maximum absolute atomic E-state index is 12.7. The number of carbonyl (C=O) groups excluding carboxylic acids is 3. The van der Waals surface area contributed by atoms with Gasteiger partial charge < -0.3 is 15.4 Å². The van der Waals surface area contributed by atoms with Crippen molar-refractivity contribution in [3.8, 4) is 0 Å². The second-order valence-corrected chi connectivity index (χ2v) is 6.45. The van der Waals surface area contributed by atoms with Crippen molar-refractivity contribution in [2.45, 2.75) is 0 Å². The fraction of sp³-hybridized carbons (Fsp3) is 0.0500. The molecule has 0 unspecified atom stereocenters. The van der Waals surface area contributed by atoms with E-state index in [2.05, 4.69) is 15.4 Å². The van der Waals surface area contributed by atoms with Gasteiger partial charge in [0, 0.05) is 5.69 Å². The van der Waals surface area contributed by atoms with Crippen LogP contribution in [-0.2, 0) is 4.74 Å². The Labute approximate surface area is 159 Å². The molecule has 0 fully saturated rings. The van der Waals surface area contributed by atoms with Gasteiger partial charge in [0.15, 0.2) is 0 Å². The van der Waals surface area contributed by atoms with Crippen molar-refractivity contribution in [3.63, 3.8) is 0 Å². The molecule has 0 radical (unpaired) electrons. The normalized spacial score (nSPS) is 10.1. The van der Waals surface area contributed by atoms with Crippen LogP contribution in [0.3, 0.4) is 0 Å². The maximum atomic E-state index is 12.7. The lowest BCUT2D eigenvalue weighted by molar-refractivity contribution is 0.0600. The summed E-state index contributed by atoms with van der Waals surface area (Å²) in [6.07, 6.45) is 0. The molecular formula is C20H16N2O4S. The molecule has 0 saturated heterocycles. The van der Waals surface area contributed by atoms with Gasteiger partial charge in [0.2, 0.25) is 0 Å². The highest BCUT2D eigenvalue weighted by Crippen LogP contribution is 2.20. The molecule has 0 aliphatic heterocycles. The third kappa shape index (κ3) is 4.39. The fourth-order valence-corrected chi connectivity index (χ4v) is 3.04. The highest BCUT2D eigenvalue weighted by molar-refractivity contribution is 7.12. The first-order valence-electron chi connectivity index (χ1n) is 8.02. The summed E-state index contributed by atoms with van der Waals surface area (Å²) in [6, 6.07) is 16.6. The van der Waals surface area contributed by atoms with Gasteiger partial charge in [0.1, 0.15) is 0 Å². The number of ether oxygens (including phenoxy) is 1. The first-order chi connectivity index (χ1) is 13.1. The van der Waals surface area contributed by atoms with Crippen molar-refractivity contribution in [3.05, 3.63) is 82.0 Å². The summed E-state index contributed by atoms with van der Waals surface area (Å²) >= 11 is 1.32. The Bertz CT molecular complexity index is 983. The molecule has 0 spiro atoms. The summed E-state index contributed by atoms with van der Waals surface area (Å²) in [4.78, 5) is 37.1.